The third-order valence-corrected chi connectivity index (χ3v) is 4.40. The van der Waals surface area contributed by atoms with Gasteiger partial charge in [-0.2, -0.15) is 0 Å². The summed E-state index contributed by atoms with van der Waals surface area (Å²) >= 11 is 0. The first-order valence-electron chi connectivity index (χ1n) is 6.68. The van der Waals surface area contributed by atoms with Crippen molar-refractivity contribution >= 4 is 27.5 Å². The van der Waals surface area contributed by atoms with Gasteiger partial charge in [0.05, 0.1) is 29.5 Å². The molecule has 0 aliphatic heterocycles. The second-order valence-corrected chi connectivity index (χ2v) is 6.61. The van der Waals surface area contributed by atoms with Crippen LogP contribution in [0.25, 0.3) is 0 Å². The molecule has 8 heteroatoms. The molecule has 2 rings (SSSR count). The maximum absolute atomic E-state index is 12.4. The average Bonchev–Trinajstić information content (AvgIpc) is 2.54. The van der Waals surface area contributed by atoms with E-state index < -0.39 is 16.0 Å². The van der Waals surface area contributed by atoms with Gasteiger partial charge in [0.15, 0.2) is 0 Å². The smallest absolute Gasteiger partial charge is 0.337 e. The lowest BCUT2D eigenvalue weighted by molar-refractivity contribution is 0.0600. The fraction of sp³-hybridized carbons (Fsp3) is 0.200. The first-order chi connectivity index (χ1) is 10.8. The van der Waals surface area contributed by atoms with Gasteiger partial charge in [-0.1, -0.05) is 6.07 Å². The summed E-state index contributed by atoms with van der Waals surface area (Å²) in [4.78, 5) is 17.4. The topological polar surface area (TPSA) is 88.6 Å². The Balaban J connectivity index is 2.26. The normalized spacial score (nSPS) is 10.9. The number of hydrogen-bond donors (Lipinski definition) is 1. The third kappa shape index (κ3) is 3.98. The molecule has 0 unspecified atom stereocenters. The molecular weight excluding hydrogens is 318 g/mol. The van der Waals surface area contributed by atoms with Crippen molar-refractivity contribution in [1.29, 1.82) is 0 Å². The van der Waals surface area contributed by atoms with Crippen LogP contribution in [-0.4, -0.2) is 40.6 Å². The molecule has 0 amide bonds. The molecule has 0 saturated heterocycles. The largest absolute Gasteiger partial charge is 0.465 e. The number of rotatable bonds is 5. The van der Waals surface area contributed by atoms with Crippen molar-refractivity contribution in [3.63, 3.8) is 0 Å². The maximum Gasteiger partial charge on any atom is 0.337 e. The molecule has 1 aromatic heterocycles. The van der Waals surface area contributed by atoms with E-state index in [1.807, 2.05) is 14.1 Å². The zero-order valence-electron chi connectivity index (χ0n) is 13.0. The van der Waals surface area contributed by atoms with Gasteiger partial charge in [0, 0.05) is 14.1 Å². The van der Waals surface area contributed by atoms with Gasteiger partial charge in [0.1, 0.15) is 5.82 Å². The van der Waals surface area contributed by atoms with E-state index in [-0.39, 0.29) is 10.5 Å². The minimum atomic E-state index is -3.82. The summed E-state index contributed by atoms with van der Waals surface area (Å²) in [6.07, 6.45) is 1.43. The van der Waals surface area contributed by atoms with Gasteiger partial charge >= 0.3 is 5.97 Å². The van der Waals surface area contributed by atoms with E-state index in [2.05, 4.69) is 14.4 Å². The lowest BCUT2D eigenvalue weighted by Gasteiger charge is -2.12. The minimum absolute atomic E-state index is 0.0305. The van der Waals surface area contributed by atoms with Crippen LogP contribution in [0.4, 0.5) is 11.5 Å². The molecule has 0 spiro atoms. The lowest BCUT2D eigenvalue weighted by atomic mass is 10.2. The van der Waals surface area contributed by atoms with Crippen molar-refractivity contribution in [2.75, 3.05) is 30.8 Å². The van der Waals surface area contributed by atoms with Gasteiger partial charge in [-0.25, -0.2) is 18.2 Å². The third-order valence-electron chi connectivity index (χ3n) is 3.02. The van der Waals surface area contributed by atoms with Crippen molar-refractivity contribution in [2.45, 2.75) is 4.90 Å². The molecule has 1 N–H and O–H groups in total. The number of sulfonamides is 1. The Hall–Kier alpha value is -2.61. The Kier molecular flexibility index (Phi) is 4.85. The van der Waals surface area contributed by atoms with Crippen LogP contribution in [-0.2, 0) is 14.8 Å². The van der Waals surface area contributed by atoms with E-state index in [0.29, 0.717) is 11.5 Å². The van der Waals surface area contributed by atoms with Gasteiger partial charge in [-0.3, -0.25) is 4.72 Å². The lowest BCUT2D eigenvalue weighted by Crippen LogP contribution is -2.15. The molecule has 1 heterocycles. The van der Waals surface area contributed by atoms with E-state index in [0.717, 1.165) is 0 Å². The first kappa shape index (κ1) is 16.8. The number of carbonyl (C=O) groups excluding carboxylic acids is 1. The predicted molar refractivity (Wildman–Crippen MR) is 87.2 cm³/mol. The number of aromatic nitrogens is 1. The second-order valence-electron chi connectivity index (χ2n) is 4.92. The molecule has 0 atom stereocenters. The van der Waals surface area contributed by atoms with Crippen LogP contribution in [0.3, 0.4) is 0 Å². The van der Waals surface area contributed by atoms with Crippen LogP contribution in [0.1, 0.15) is 10.4 Å². The van der Waals surface area contributed by atoms with Crippen LogP contribution < -0.4 is 9.62 Å². The van der Waals surface area contributed by atoms with Crippen LogP contribution in [0.15, 0.2) is 47.5 Å². The minimum Gasteiger partial charge on any atom is -0.465 e. The number of pyridine rings is 1. The summed E-state index contributed by atoms with van der Waals surface area (Å²) < 4.78 is 31.8. The molecule has 2 aromatic rings. The average molecular weight is 335 g/mol. The molecule has 0 saturated carbocycles. The molecule has 0 radical (unpaired) electrons. The number of benzene rings is 1. The summed E-state index contributed by atoms with van der Waals surface area (Å²) in [5, 5.41) is 0. The molecule has 7 nitrogen and oxygen atoms in total. The van der Waals surface area contributed by atoms with Crippen molar-refractivity contribution in [1.82, 2.24) is 4.98 Å². The van der Waals surface area contributed by atoms with Gasteiger partial charge in [-0.15, -0.1) is 0 Å². The summed E-state index contributed by atoms with van der Waals surface area (Å²) in [6, 6.07) is 8.94. The van der Waals surface area contributed by atoms with Crippen molar-refractivity contribution < 1.29 is 17.9 Å². The Morgan fingerprint density at radius 2 is 1.96 bits per heavy atom. The highest BCUT2D eigenvalue weighted by Gasteiger charge is 2.17. The zero-order chi connectivity index (χ0) is 17.0. The van der Waals surface area contributed by atoms with E-state index in [9.17, 15) is 13.2 Å². The SMILES string of the molecule is COC(=O)c1cccc(S(=O)(=O)Nc2ccc(N(C)C)nc2)c1. The number of methoxy groups -OCH3 is 1. The van der Waals surface area contributed by atoms with Crippen LogP contribution >= 0.6 is 0 Å². The van der Waals surface area contributed by atoms with Gasteiger partial charge in [-0.05, 0) is 30.3 Å². The molecule has 0 fully saturated rings. The fourth-order valence-corrected chi connectivity index (χ4v) is 2.92. The van der Waals surface area contributed by atoms with E-state index >= 15 is 0 Å². The summed E-state index contributed by atoms with van der Waals surface area (Å²) in [6.45, 7) is 0. The Labute approximate surface area is 135 Å². The number of carbonyl (C=O) groups is 1. The second kappa shape index (κ2) is 6.66. The molecule has 0 aliphatic carbocycles. The number of anilines is 2. The van der Waals surface area contributed by atoms with Gasteiger partial charge in [0.25, 0.3) is 10.0 Å². The van der Waals surface area contributed by atoms with Gasteiger partial charge < -0.3 is 9.64 Å². The highest BCUT2D eigenvalue weighted by molar-refractivity contribution is 7.92. The Morgan fingerprint density at radius 3 is 2.52 bits per heavy atom. The van der Waals surface area contributed by atoms with E-state index in [4.69, 9.17) is 0 Å². The number of nitrogens with one attached hydrogen (secondary N) is 1. The maximum atomic E-state index is 12.4. The Morgan fingerprint density at radius 1 is 1.22 bits per heavy atom. The monoisotopic (exact) mass is 335 g/mol. The molecule has 0 bridgehead atoms. The van der Waals surface area contributed by atoms with Crippen LogP contribution in [0, 0.1) is 0 Å². The van der Waals surface area contributed by atoms with Gasteiger partial charge in [0.2, 0.25) is 0 Å². The number of hydrogen-bond acceptors (Lipinski definition) is 6. The number of nitrogens with zero attached hydrogens (tertiary/aromatic N) is 2. The first-order valence-corrected chi connectivity index (χ1v) is 8.16. The summed E-state index contributed by atoms with van der Waals surface area (Å²) in [5.74, 6) is 0.111. The standard InChI is InChI=1S/C15H17N3O4S/c1-18(2)14-8-7-12(10-16-14)17-23(20,21)13-6-4-5-11(9-13)15(19)22-3/h4-10,17H,1-3H3. The summed E-state index contributed by atoms with van der Waals surface area (Å²) in [7, 11) is 1.09. The highest BCUT2D eigenvalue weighted by Crippen LogP contribution is 2.18. The van der Waals surface area contributed by atoms with Crippen LogP contribution in [0.2, 0.25) is 0 Å². The Bertz CT molecular complexity index is 802. The molecular formula is C15H17N3O4S. The van der Waals surface area contributed by atoms with Crippen LogP contribution in [0.5, 0.6) is 0 Å². The number of esters is 1. The van der Waals surface area contributed by atoms with Crippen molar-refractivity contribution in [2.24, 2.45) is 0 Å². The number of ether oxygens (including phenoxy) is 1. The zero-order valence-corrected chi connectivity index (χ0v) is 13.8. The molecule has 23 heavy (non-hydrogen) atoms. The van der Waals surface area contributed by atoms with E-state index in [1.165, 1.54) is 37.6 Å². The summed E-state index contributed by atoms with van der Waals surface area (Å²) in [5.41, 5.74) is 0.496. The highest BCUT2D eigenvalue weighted by atomic mass is 32.2. The van der Waals surface area contributed by atoms with Crippen molar-refractivity contribution in [3.8, 4) is 0 Å². The van der Waals surface area contributed by atoms with E-state index in [1.54, 1.807) is 17.0 Å². The molecule has 1 aromatic carbocycles. The molecule has 0 aliphatic rings. The predicted octanol–water partition coefficient (Wildman–Crippen LogP) is 1.73. The fourth-order valence-electron chi connectivity index (χ4n) is 1.83. The van der Waals surface area contributed by atoms with Crippen molar-refractivity contribution in [3.05, 3.63) is 48.2 Å². The molecule has 122 valence electrons. The quantitative estimate of drug-likeness (QED) is 0.837.